The summed E-state index contributed by atoms with van der Waals surface area (Å²) in [4.78, 5) is 93.1. The Hall–Kier alpha value is -4.79. The van der Waals surface area contributed by atoms with Crippen LogP contribution in [0.5, 0.6) is 5.75 Å². The van der Waals surface area contributed by atoms with Gasteiger partial charge in [0.25, 0.3) is 5.91 Å². The Morgan fingerprint density at radius 3 is 2.41 bits per heavy atom. The molecule has 5 rings (SSSR count). The van der Waals surface area contributed by atoms with Gasteiger partial charge in [-0.2, -0.15) is 0 Å². The van der Waals surface area contributed by atoms with Crippen molar-refractivity contribution in [3.05, 3.63) is 53.1 Å². The van der Waals surface area contributed by atoms with Crippen LogP contribution in [0.15, 0.2) is 36.4 Å². The quantitative estimate of drug-likeness (QED) is 0.178. The number of aliphatic hydroxyl groups is 2. The molecule has 0 spiro atoms. The summed E-state index contributed by atoms with van der Waals surface area (Å²) in [6.45, 7) is -0.696. The first-order valence-corrected chi connectivity index (χ1v) is 14.5. The van der Waals surface area contributed by atoms with Gasteiger partial charge in [-0.25, -0.2) is 4.79 Å². The van der Waals surface area contributed by atoms with E-state index in [9.17, 15) is 48.9 Å². The topological polar surface area (TPSA) is 231 Å². The van der Waals surface area contributed by atoms with Crippen LogP contribution in [0.25, 0.3) is 11.1 Å². The second-order valence-electron chi connectivity index (χ2n) is 12.1. The number of Topliss-reactive ketones (excluding diaryl/α,β-unsaturated/α-hetero) is 4. The Balaban J connectivity index is 1.57. The number of phenols is 1. The molecule has 46 heavy (non-hydrogen) atoms. The molecule has 2 saturated carbocycles. The van der Waals surface area contributed by atoms with Gasteiger partial charge in [0, 0.05) is 11.5 Å². The monoisotopic (exact) mass is 635 g/mol. The van der Waals surface area contributed by atoms with Crippen molar-refractivity contribution in [1.29, 1.82) is 0 Å². The summed E-state index contributed by atoms with van der Waals surface area (Å²) in [6.07, 6.45) is -0.0849. The molecule has 2 fully saturated rings. The van der Waals surface area contributed by atoms with Crippen molar-refractivity contribution >= 4 is 40.9 Å². The minimum atomic E-state index is -2.83. The zero-order valence-corrected chi connectivity index (χ0v) is 25.2. The van der Waals surface area contributed by atoms with Crippen molar-refractivity contribution in [2.45, 2.75) is 30.5 Å². The van der Waals surface area contributed by atoms with Crippen molar-refractivity contribution < 1.29 is 53.6 Å². The maximum atomic E-state index is 14.0. The number of ether oxygens (including phenoxy) is 1. The van der Waals surface area contributed by atoms with E-state index >= 15 is 0 Å². The number of methoxy groups -OCH3 is 1. The average Bonchev–Trinajstić information content (AvgIpc) is 3.01. The van der Waals surface area contributed by atoms with Crippen LogP contribution in [0.4, 0.5) is 0 Å². The first kappa shape index (κ1) is 32.6. The van der Waals surface area contributed by atoms with Gasteiger partial charge in [-0.15, -0.1) is 0 Å². The normalized spacial score (nSPS) is 27.7. The predicted molar refractivity (Wildman–Crippen MR) is 157 cm³/mol. The number of aromatic hydroxyl groups is 1. The fourth-order valence-corrected chi connectivity index (χ4v) is 7.27. The van der Waals surface area contributed by atoms with E-state index in [4.69, 9.17) is 5.73 Å². The van der Waals surface area contributed by atoms with E-state index in [1.54, 1.807) is 18.2 Å². The highest BCUT2D eigenvalue weighted by molar-refractivity contribution is 6.32. The molecule has 0 heterocycles. The van der Waals surface area contributed by atoms with Gasteiger partial charge in [-0.05, 0) is 67.7 Å². The first-order chi connectivity index (χ1) is 21.7. The van der Waals surface area contributed by atoms with Gasteiger partial charge in [-0.1, -0.05) is 18.2 Å². The number of esters is 1. The number of carbonyl (C=O) groups excluding carboxylic acids is 7. The molecule has 14 heteroatoms. The Labute approximate surface area is 262 Å². The number of nitrogens with two attached hydrogens (primary N) is 1. The Morgan fingerprint density at radius 2 is 1.80 bits per heavy atom. The van der Waals surface area contributed by atoms with Crippen LogP contribution in [0.2, 0.25) is 0 Å². The number of likely N-dealkylation sites (N-methyl/N-ethyl adjacent to an activating group) is 1. The van der Waals surface area contributed by atoms with Crippen molar-refractivity contribution in [1.82, 2.24) is 10.2 Å². The molecular weight excluding hydrogens is 602 g/mol. The largest absolute Gasteiger partial charge is 0.507 e. The summed E-state index contributed by atoms with van der Waals surface area (Å²) in [7, 11) is 4.12. The van der Waals surface area contributed by atoms with Crippen LogP contribution in [0, 0.1) is 23.7 Å². The summed E-state index contributed by atoms with van der Waals surface area (Å²) in [5.74, 6) is -13.1. The number of nitrogens with one attached hydrogen (secondary N) is 1. The number of carbonyl (C=O) groups is 7. The van der Waals surface area contributed by atoms with Gasteiger partial charge in [0.2, 0.25) is 5.91 Å². The number of benzene rings is 2. The number of fused-ring (bicyclic) bond motifs is 3. The highest BCUT2D eigenvalue weighted by atomic mass is 16.5. The van der Waals surface area contributed by atoms with Gasteiger partial charge in [0.15, 0.2) is 40.7 Å². The highest BCUT2D eigenvalue weighted by Gasteiger charge is 2.69. The van der Waals surface area contributed by atoms with Crippen LogP contribution in [0.3, 0.4) is 0 Å². The van der Waals surface area contributed by atoms with Crippen molar-refractivity contribution in [2.75, 3.05) is 27.8 Å². The zero-order chi connectivity index (χ0) is 33.8. The summed E-state index contributed by atoms with van der Waals surface area (Å²) in [5, 5.41) is 34.4. The van der Waals surface area contributed by atoms with Gasteiger partial charge < -0.3 is 31.1 Å². The lowest BCUT2D eigenvalue weighted by Crippen LogP contribution is -2.74. The smallest absolute Gasteiger partial charge is 0.330 e. The summed E-state index contributed by atoms with van der Waals surface area (Å²) in [5.41, 5.74) is 3.69. The second kappa shape index (κ2) is 11.9. The average molecular weight is 636 g/mol. The SMILES string of the molecule is COC(=O)C(CO)NC(=O)c1cccc(-c2ccc(O)c3c2CC2CC4C(N(C)C)C(=O)C(C(N)=O)C(=O)C4(O)C(=O)C2C3=O)c1. The first-order valence-electron chi connectivity index (χ1n) is 14.5. The number of aliphatic hydroxyl groups excluding tert-OH is 1. The molecule has 3 aliphatic rings. The van der Waals surface area contributed by atoms with Crippen LogP contribution in [-0.4, -0.2) is 107 Å². The molecule has 2 amide bonds. The van der Waals surface area contributed by atoms with E-state index in [0.29, 0.717) is 16.7 Å². The number of nitrogens with zero attached hydrogens (tertiary/aromatic N) is 1. The van der Waals surface area contributed by atoms with Crippen LogP contribution < -0.4 is 11.1 Å². The third kappa shape index (κ3) is 4.89. The second-order valence-corrected chi connectivity index (χ2v) is 12.1. The van der Waals surface area contributed by atoms with Crippen molar-refractivity contribution in [3.63, 3.8) is 0 Å². The molecular formula is C32H33N3O11. The number of ketones is 4. The Bertz CT molecular complexity index is 1700. The third-order valence-electron chi connectivity index (χ3n) is 9.35. The summed E-state index contributed by atoms with van der Waals surface area (Å²) < 4.78 is 4.58. The fourth-order valence-electron chi connectivity index (χ4n) is 7.27. The molecule has 6 N–H and O–H groups in total. The standard InChI is InChI=1S/C32H33N3O11/c1-35(2)24-18-11-15-10-17-16(13-5-4-6-14(9-13)30(43)34-19(12-36)31(44)46-3)7-8-20(37)22(17)25(38)21(15)27(40)32(18,45)28(41)23(26(24)39)29(33)42/h4-9,15,18-19,21,23-24,36-37,45H,10-12H2,1-3H3,(H2,33,42)(H,34,43). The van der Waals surface area contributed by atoms with Gasteiger partial charge in [0.1, 0.15) is 5.75 Å². The maximum absolute atomic E-state index is 14.0. The number of hydrogen-bond acceptors (Lipinski definition) is 12. The minimum absolute atomic E-state index is 0.0287. The van der Waals surface area contributed by atoms with Gasteiger partial charge >= 0.3 is 5.97 Å². The highest BCUT2D eigenvalue weighted by Crippen LogP contribution is 2.51. The van der Waals surface area contributed by atoms with Crippen molar-refractivity contribution in [2.24, 2.45) is 29.4 Å². The van der Waals surface area contributed by atoms with Gasteiger partial charge in [0.05, 0.1) is 31.2 Å². The van der Waals surface area contributed by atoms with Crippen LogP contribution in [-0.2, 0) is 35.1 Å². The molecule has 2 aromatic rings. The van der Waals surface area contributed by atoms with Crippen molar-refractivity contribution in [3.8, 4) is 16.9 Å². The molecule has 242 valence electrons. The number of phenolic OH excluding ortho intramolecular Hbond substituents is 1. The molecule has 0 bridgehead atoms. The summed E-state index contributed by atoms with van der Waals surface area (Å²) >= 11 is 0. The Morgan fingerprint density at radius 1 is 1.11 bits per heavy atom. The summed E-state index contributed by atoms with van der Waals surface area (Å²) in [6, 6.07) is 6.42. The fraction of sp³-hybridized carbons (Fsp3) is 0.406. The molecule has 7 atom stereocenters. The Kier molecular flexibility index (Phi) is 8.40. The van der Waals surface area contributed by atoms with E-state index in [2.05, 4.69) is 10.1 Å². The van der Waals surface area contributed by atoms with Gasteiger partial charge in [-0.3, -0.25) is 33.7 Å². The lowest BCUT2D eigenvalue weighted by molar-refractivity contribution is -0.181. The third-order valence-corrected chi connectivity index (χ3v) is 9.35. The maximum Gasteiger partial charge on any atom is 0.330 e. The predicted octanol–water partition coefficient (Wildman–Crippen LogP) is -1.20. The van der Waals surface area contributed by atoms with Crippen LogP contribution >= 0.6 is 0 Å². The van der Waals surface area contributed by atoms with E-state index in [-0.39, 0.29) is 24.0 Å². The molecule has 2 aromatic carbocycles. The van der Waals surface area contributed by atoms with E-state index in [0.717, 1.165) is 7.11 Å². The van der Waals surface area contributed by atoms with E-state index in [1.807, 2.05) is 0 Å². The minimum Gasteiger partial charge on any atom is -0.507 e. The van der Waals surface area contributed by atoms with Crippen LogP contribution in [0.1, 0.15) is 32.7 Å². The number of hydrogen-bond donors (Lipinski definition) is 5. The molecule has 0 radical (unpaired) electrons. The number of primary amides is 1. The molecule has 0 saturated heterocycles. The number of amides is 2. The molecule has 0 aromatic heterocycles. The van der Waals surface area contributed by atoms with E-state index in [1.165, 1.54) is 37.2 Å². The molecule has 7 unspecified atom stereocenters. The molecule has 0 aliphatic heterocycles. The van der Waals surface area contributed by atoms with E-state index < -0.39 is 94.6 Å². The lowest BCUT2D eigenvalue weighted by atomic mass is 9.52. The lowest BCUT2D eigenvalue weighted by Gasteiger charge is -2.52. The molecule has 14 nitrogen and oxygen atoms in total. The zero-order valence-electron chi connectivity index (χ0n) is 25.2. The number of rotatable bonds is 7. The molecule has 3 aliphatic carbocycles.